The molecule has 0 aliphatic rings. The monoisotopic (exact) mass is 596 g/mol. The molecule has 3 aromatic carbocycles. The largest absolute Gasteiger partial charge is 0.496 e. The van der Waals surface area contributed by atoms with E-state index in [9.17, 15) is 9.59 Å². The molecule has 0 aliphatic carbocycles. The Kier molecular flexibility index (Phi) is 8.60. The summed E-state index contributed by atoms with van der Waals surface area (Å²) in [5, 5.41) is 3.22. The molecule has 0 saturated heterocycles. The van der Waals surface area contributed by atoms with E-state index in [1.165, 1.54) is 26.2 Å². The minimum atomic E-state index is -3.94. The summed E-state index contributed by atoms with van der Waals surface area (Å²) < 4.78 is 41.6. The predicted octanol–water partition coefficient (Wildman–Crippen LogP) is 6.69. The molecule has 0 fully saturated rings. The summed E-state index contributed by atoms with van der Waals surface area (Å²) in [6, 6.07) is 20.9. The topological polar surface area (TPSA) is 77.5 Å². The first kappa shape index (κ1) is 28.2. The van der Waals surface area contributed by atoms with E-state index in [1.54, 1.807) is 31.2 Å². The number of carbonyl (C=O) groups excluding carboxylic acids is 2. The third-order valence-electron chi connectivity index (χ3n) is 6.45. The molecule has 1 heterocycles. The van der Waals surface area contributed by atoms with Crippen molar-refractivity contribution in [3.8, 4) is 17.0 Å². The Hall–Kier alpha value is -3.85. The molecular weight excluding hydrogens is 570 g/mol. The number of ether oxygens (including phenoxy) is 2. The minimum absolute atomic E-state index is 0.0716. The summed E-state index contributed by atoms with van der Waals surface area (Å²) in [6.07, 6.45) is 0. The van der Waals surface area contributed by atoms with Crippen LogP contribution in [0.2, 0.25) is 0 Å². The van der Waals surface area contributed by atoms with Gasteiger partial charge in [-0.1, -0.05) is 60.7 Å². The molecule has 1 amide bonds. The van der Waals surface area contributed by atoms with Crippen molar-refractivity contribution in [3.05, 3.63) is 94.0 Å². The Morgan fingerprint density at radius 3 is 2.41 bits per heavy atom. The number of benzene rings is 3. The van der Waals surface area contributed by atoms with Crippen molar-refractivity contribution in [2.45, 2.75) is 25.7 Å². The normalized spacial score (nSPS) is 12.2. The van der Waals surface area contributed by atoms with Gasteiger partial charge in [-0.25, -0.2) is 9.78 Å². The van der Waals surface area contributed by atoms with Gasteiger partial charge < -0.3 is 14.8 Å². The van der Waals surface area contributed by atoms with E-state index in [0.29, 0.717) is 32.2 Å². The van der Waals surface area contributed by atoms with Gasteiger partial charge in [0.15, 0.2) is 0 Å². The molecule has 1 aromatic heterocycles. The fraction of sp³-hybridized carbons (Fsp3) is 0.233. The van der Waals surface area contributed by atoms with Crippen LogP contribution in [0.1, 0.15) is 34.3 Å². The van der Waals surface area contributed by atoms with Crippen molar-refractivity contribution in [1.29, 1.82) is 0 Å². The van der Waals surface area contributed by atoms with Gasteiger partial charge in [-0.15, -0.1) is 0 Å². The molecule has 6 nitrogen and oxygen atoms in total. The number of esters is 1. The average Bonchev–Trinajstić information content (AvgIpc) is 2.93. The molecule has 9 heteroatoms. The predicted molar refractivity (Wildman–Crippen MR) is 149 cm³/mol. The number of carbonyl (C=O) groups is 2. The Morgan fingerprint density at radius 1 is 1.03 bits per heavy atom. The molecule has 1 N–H and O–H groups in total. The van der Waals surface area contributed by atoms with Crippen LogP contribution in [0, 0.1) is 6.92 Å². The van der Waals surface area contributed by atoms with Gasteiger partial charge in [0, 0.05) is 27.5 Å². The van der Waals surface area contributed by atoms with E-state index < -0.39 is 30.3 Å². The summed E-state index contributed by atoms with van der Waals surface area (Å²) in [7, 11) is 1.35. The molecule has 39 heavy (non-hydrogen) atoms. The molecule has 0 spiro atoms. The highest BCUT2D eigenvalue weighted by Gasteiger charge is 2.50. The highest BCUT2D eigenvalue weighted by atomic mass is 79.9. The van der Waals surface area contributed by atoms with E-state index in [-0.39, 0.29) is 17.9 Å². The molecule has 0 saturated carbocycles. The van der Waals surface area contributed by atoms with Gasteiger partial charge in [0.1, 0.15) is 5.75 Å². The van der Waals surface area contributed by atoms with Crippen molar-refractivity contribution < 1.29 is 27.8 Å². The summed E-state index contributed by atoms with van der Waals surface area (Å²) in [5.74, 6) is -7.76. The molecule has 1 unspecified atom stereocenters. The maximum absolute atomic E-state index is 15.5. The number of nitrogens with zero attached hydrogens (tertiary/aromatic N) is 1. The number of nitrogens with one attached hydrogen (secondary N) is 1. The summed E-state index contributed by atoms with van der Waals surface area (Å²) in [5.41, 5.74) is 2.93. The molecule has 0 bridgehead atoms. The number of hydrogen-bond donors (Lipinski definition) is 1. The minimum Gasteiger partial charge on any atom is -0.496 e. The summed E-state index contributed by atoms with van der Waals surface area (Å²) in [4.78, 5) is 30.9. The molecule has 4 rings (SSSR count). The smallest absolute Gasteiger partial charge is 0.377 e. The van der Waals surface area contributed by atoms with Crippen LogP contribution in [-0.4, -0.2) is 43.0 Å². The molecule has 0 radical (unpaired) electrons. The lowest BCUT2D eigenvalue weighted by Gasteiger charge is -2.27. The zero-order valence-corrected chi connectivity index (χ0v) is 23.2. The average molecular weight is 597 g/mol. The lowest BCUT2D eigenvalue weighted by molar-refractivity contribution is -0.174. The standard InChI is InChI=1S/C30H27BrF2N2O4/c1-4-39-29(37)30(32,33)22(20-13-8-9-16-24(20)38-3)17-34-28(36)25-18(2)26(19-11-6-5-7-12-19)35-27-21(25)14-10-15-23(27)31/h5-16,22H,4,17H2,1-3H3,(H,34,36). The van der Waals surface area contributed by atoms with Crippen LogP contribution in [0.25, 0.3) is 22.2 Å². The van der Waals surface area contributed by atoms with E-state index in [4.69, 9.17) is 9.72 Å². The number of methoxy groups -OCH3 is 1. The Labute approximate surface area is 233 Å². The van der Waals surface area contributed by atoms with Crippen LogP contribution in [-0.2, 0) is 9.53 Å². The van der Waals surface area contributed by atoms with Crippen molar-refractivity contribution >= 4 is 38.7 Å². The van der Waals surface area contributed by atoms with Crippen molar-refractivity contribution in [2.24, 2.45) is 0 Å². The fourth-order valence-electron chi connectivity index (χ4n) is 4.56. The maximum atomic E-state index is 15.5. The van der Waals surface area contributed by atoms with E-state index in [0.717, 1.165) is 5.56 Å². The van der Waals surface area contributed by atoms with Crippen molar-refractivity contribution in [1.82, 2.24) is 10.3 Å². The van der Waals surface area contributed by atoms with Gasteiger partial charge in [0.25, 0.3) is 5.91 Å². The number of rotatable bonds is 9. The number of alkyl halides is 2. The fourth-order valence-corrected chi connectivity index (χ4v) is 5.01. The van der Waals surface area contributed by atoms with Gasteiger partial charge in [0.05, 0.1) is 36.4 Å². The third-order valence-corrected chi connectivity index (χ3v) is 7.09. The third kappa shape index (κ3) is 5.63. The lowest BCUT2D eigenvalue weighted by Crippen LogP contribution is -2.43. The van der Waals surface area contributed by atoms with Crippen LogP contribution in [0.4, 0.5) is 8.78 Å². The second-order valence-corrected chi connectivity index (χ2v) is 9.66. The zero-order chi connectivity index (χ0) is 28.2. The van der Waals surface area contributed by atoms with E-state index in [1.807, 2.05) is 36.4 Å². The SMILES string of the molecule is CCOC(=O)C(F)(F)C(CNC(=O)c1c(C)c(-c2ccccc2)nc2c(Br)cccc12)c1ccccc1OC. The molecule has 0 aliphatic heterocycles. The van der Waals surface area contributed by atoms with Gasteiger partial charge >= 0.3 is 11.9 Å². The number of hydrogen-bond acceptors (Lipinski definition) is 5. The highest BCUT2D eigenvalue weighted by molar-refractivity contribution is 9.10. The second kappa shape index (κ2) is 11.9. The maximum Gasteiger partial charge on any atom is 0.377 e. The number of para-hydroxylation sites is 2. The highest BCUT2D eigenvalue weighted by Crippen LogP contribution is 2.39. The number of halogens is 3. The number of amides is 1. The van der Waals surface area contributed by atoms with Gasteiger partial charge in [-0.05, 0) is 47.5 Å². The lowest BCUT2D eigenvalue weighted by atomic mass is 9.91. The van der Waals surface area contributed by atoms with Gasteiger partial charge in [-0.3, -0.25) is 4.79 Å². The molecular formula is C30H27BrF2N2O4. The first-order chi connectivity index (χ1) is 18.7. The van der Waals surface area contributed by atoms with Gasteiger partial charge in [-0.2, -0.15) is 8.78 Å². The Morgan fingerprint density at radius 2 is 1.72 bits per heavy atom. The summed E-state index contributed by atoms with van der Waals surface area (Å²) in [6.45, 7) is 2.46. The Balaban J connectivity index is 1.79. The molecule has 1 atom stereocenters. The van der Waals surface area contributed by atoms with Crippen LogP contribution in [0.15, 0.2) is 77.3 Å². The first-order valence-electron chi connectivity index (χ1n) is 12.3. The quantitative estimate of drug-likeness (QED) is 0.218. The molecule has 4 aromatic rings. The van der Waals surface area contributed by atoms with Crippen molar-refractivity contribution in [3.63, 3.8) is 0 Å². The number of aromatic nitrogens is 1. The van der Waals surface area contributed by atoms with Gasteiger partial charge in [0.2, 0.25) is 0 Å². The van der Waals surface area contributed by atoms with Crippen LogP contribution < -0.4 is 10.1 Å². The van der Waals surface area contributed by atoms with Crippen LogP contribution in [0.5, 0.6) is 5.75 Å². The van der Waals surface area contributed by atoms with Crippen LogP contribution in [0.3, 0.4) is 0 Å². The second-order valence-electron chi connectivity index (χ2n) is 8.81. The van der Waals surface area contributed by atoms with Crippen molar-refractivity contribution in [2.75, 3.05) is 20.3 Å². The Bertz CT molecular complexity index is 1510. The number of fused-ring (bicyclic) bond motifs is 1. The zero-order valence-electron chi connectivity index (χ0n) is 21.6. The van der Waals surface area contributed by atoms with E-state index >= 15 is 8.78 Å². The number of pyridine rings is 1. The first-order valence-corrected chi connectivity index (χ1v) is 13.1. The van der Waals surface area contributed by atoms with Crippen LogP contribution >= 0.6 is 15.9 Å². The van der Waals surface area contributed by atoms with E-state index in [2.05, 4.69) is 26.0 Å². The molecule has 202 valence electrons. The summed E-state index contributed by atoms with van der Waals surface area (Å²) >= 11 is 3.52.